The Balaban J connectivity index is 1.86. The molecule has 1 heterocycles. The van der Waals surface area contributed by atoms with Crippen molar-refractivity contribution >= 4 is 5.97 Å². The highest BCUT2D eigenvalue weighted by molar-refractivity contribution is 5.64. The van der Waals surface area contributed by atoms with Gasteiger partial charge in [-0.05, 0) is 37.8 Å². The highest BCUT2D eigenvalue weighted by Crippen LogP contribution is 2.13. The van der Waals surface area contributed by atoms with Crippen molar-refractivity contribution in [1.29, 1.82) is 0 Å². The molecule has 0 atom stereocenters. The van der Waals surface area contributed by atoms with Crippen LogP contribution in [-0.4, -0.2) is 25.7 Å². The second-order valence-electron chi connectivity index (χ2n) is 5.46. The first-order chi connectivity index (χ1) is 9.74. The second kappa shape index (κ2) is 7.90. The lowest BCUT2D eigenvalue weighted by molar-refractivity contribution is -0.913. The third-order valence-corrected chi connectivity index (χ3v) is 3.74. The molecule has 1 aliphatic heterocycles. The van der Waals surface area contributed by atoms with Crippen LogP contribution in [0.1, 0.15) is 37.7 Å². The lowest BCUT2D eigenvalue weighted by atomic mass is 10.2. The number of carboxylic acids is 1. The average Bonchev–Trinajstić information content (AvgIpc) is 2.67. The van der Waals surface area contributed by atoms with Crippen molar-refractivity contribution in [3.63, 3.8) is 0 Å². The van der Waals surface area contributed by atoms with Gasteiger partial charge in [-0.3, -0.25) is 0 Å². The van der Waals surface area contributed by atoms with E-state index in [9.17, 15) is 9.90 Å². The fraction of sp³-hybridized carbons (Fsp3) is 0.562. The Morgan fingerprint density at radius 1 is 1.20 bits per heavy atom. The lowest BCUT2D eigenvalue weighted by Crippen LogP contribution is -3.10. The Morgan fingerprint density at radius 2 is 1.95 bits per heavy atom. The maximum absolute atomic E-state index is 10.4. The molecular formula is C16H23NO3. The standard InChI is InChI=1S/C16H23NO3/c18-16(19)8-11-20-15-7-5-6-14(12-15)13-17-9-3-1-2-4-10-17/h5-7,12H,1-4,8-11,13H2,(H,18,19). The summed E-state index contributed by atoms with van der Waals surface area (Å²) in [5, 5.41) is 10.4. The number of likely N-dealkylation sites (tertiary alicyclic amines) is 1. The van der Waals surface area contributed by atoms with Gasteiger partial charge in [0.25, 0.3) is 0 Å². The van der Waals surface area contributed by atoms with Gasteiger partial charge in [0.15, 0.2) is 0 Å². The monoisotopic (exact) mass is 277 g/mol. The minimum Gasteiger partial charge on any atom is -0.550 e. The van der Waals surface area contributed by atoms with Crippen LogP contribution in [-0.2, 0) is 11.3 Å². The van der Waals surface area contributed by atoms with Crippen molar-refractivity contribution in [3.05, 3.63) is 29.8 Å². The fourth-order valence-electron chi connectivity index (χ4n) is 2.69. The van der Waals surface area contributed by atoms with E-state index in [-0.39, 0.29) is 13.0 Å². The van der Waals surface area contributed by atoms with Gasteiger partial charge in [-0.25, -0.2) is 0 Å². The Labute approximate surface area is 120 Å². The molecule has 20 heavy (non-hydrogen) atoms. The summed E-state index contributed by atoms with van der Waals surface area (Å²) in [6.45, 7) is 3.69. The maximum Gasteiger partial charge on any atom is 0.119 e. The Morgan fingerprint density at radius 3 is 2.65 bits per heavy atom. The number of rotatable bonds is 6. The zero-order valence-corrected chi connectivity index (χ0v) is 11.9. The van der Waals surface area contributed by atoms with Crippen LogP contribution in [0.2, 0.25) is 0 Å². The van der Waals surface area contributed by atoms with Crippen molar-refractivity contribution in [2.45, 2.75) is 38.6 Å². The van der Waals surface area contributed by atoms with Gasteiger partial charge in [0.1, 0.15) is 12.3 Å². The average molecular weight is 277 g/mol. The predicted molar refractivity (Wildman–Crippen MR) is 74.4 cm³/mol. The van der Waals surface area contributed by atoms with Gasteiger partial charge in [0.2, 0.25) is 0 Å². The predicted octanol–water partition coefficient (Wildman–Crippen LogP) is 0.164. The van der Waals surface area contributed by atoms with Crippen LogP contribution in [0.3, 0.4) is 0 Å². The van der Waals surface area contributed by atoms with Crippen LogP contribution < -0.4 is 14.7 Å². The molecule has 4 heteroatoms. The minimum absolute atomic E-state index is 0.0679. The first kappa shape index (κ1) is 14.9. The number of aliphatic carboxylic acids is 1. The molecule has 0 bridgehead atoms. The number of quaternary nitrogens is 1. The molecule has 1 aromatic carbocycles. The summed E-state index contributed by atoms with van der Waals surface area (Å²) < 4.78 is 5.44. The first-order valence-electron chi connectivity index (χ1n) is 7.49. The summed E-state index contributed by atoms with van der Waals surface area (Å²) in [5.74, 6) is -0.326. The van der Waals surface area contributed by atoms with E-state index in [4.69, 9.17) is 4.74 Å². The molecule has 0 spiro atoms. The molecule has 0 unspecified atom stereocenters. The van der Waals surface area contributed by atoms with E-state index in [0.717, 1.165) is 12.3 Å². The summed E-state index contributed by atoms with van der Waals surface area (Å²) in [7, 11) is 0. The molecule has 0 amide bonds. The molecule has 0 radical (unpaired) electrons. The van der Waals surface area contributed by atoms with Crippen LogP contribution in [0.25, 0.3) is 0 Å². The topological polar surface area (TPSA) is 53.8 Å². The van der Waals surface area contributed by atoms with Crippen LogP contribution in [0.4, 0.5) is 0 Å². The van der Waals surface area contributed by atoms with Crippen LogP contribution in [0.5, 0.6) is 5.75 Å². The summed E-state index contributed by atoms with van der Waals surface area (Å²) in [6.07, 6.45) is 5.28. The van der Waals surface area contributed by atoms with Gasteiger partial charge in [-0.2, -0.15) is 0 Å². The van der Waals surface area contributed by atoms with Gasteiger partial charge in [0, 0.05) is 18.0 Å². The van der Waals surface area contributed by atoms with Crippen LogP contribution in [0, 0.1) is 0 Å². The summed E-state index contributed by atoms with van der Waals surface area (Å²) in [5.41, 5.74) is 1.26. The zero-order chi connectivity index (χ0) is 14.2. The third kappa shape index (κ3) is 5.21. The highest BCUT2D eigenvalue weighted by atomic mass is 16.5. The normalized spacial score (nSPS) is 16.6. The van der Waals surface area contributed by atoms with Gasteiger partial charge < -0.3 is 19.5 Å². The number of nitrogens with one attached hydrogen (secondary N) is 1. The Bertz CT molecular complexity index is 425. The number of ether oxygens (including phenoxy) is 1. The zero-order valence-electron chi connectivity index (χ0n) is 11.9. The van der Waals surface area contributed by atoms with E-state index in [2.05, 4.69) is 6.07 Å². The number of hydrogen-bond donors (Lipinski definition) is 1. The molecule has 1 aliphatic rings. The van der Waals surface area contributed by atoms with Crippen molar-refractivity contribution in [2.75, 3.05) is 19.7 Å². The van der Waals surface area contributed by atoms with Gasteiger partial charge >= 0.3 is 0 Å². The van der Waals surface area contributed by atoms with Gasteiger partial charge in [0.05, 0.1) is 19.7 Å². The largest absolute Gasteiger partial charge is 0.550 e. The van der Waals surface area contributed by atoms with E-state index in [1.807, 2.05) is 18.2 Å². The van der Waals surface area contributed by atoms with Crippen molar-refractivity contribution in [1.82, 2.24) is 0 Å². The Kier molecular flexibility index (Phi) is 5.87. The highest BCUT2D eigenvalue weighted by Gasteiger charge is 2.12. The molecule has 1 fully saturated rings. The molecule has 0 saturated carbocycles. The van der Waals surface area contributed by atoms with E-state index in [0.29, 0.717) is 0 Å². The SMILES string of the molecule is O=C([O-])CCOc1cccc(C[NH+]2CCCCCC2)c1. The van der Waals surface area contributed by atoms with Gasteiger partial charge in [-0.15, -0.1) is 0 Å². The summed E-state index contributed by atoms with van der Waals surface area (Å²) in [4.78, 5) is 12.0. The molecule has 110 valence electrons. The molecule has 0 aliphatic carbocycles. The van der Waals surface area contributed by atoms with E-state index in [1.165, 1.54) is 44.3 Å². The van der Waals surface area contributed by atoms with E-state index in [1.54, 1.807) is 4.90 Å². The minimum atomic E-state index is -1.07. The van der Waals surface area contributed by atoms with Crippen molar-refractivity contribution in [2.24, 2.45) is 0 Å². The molecule has 0 aromatic heterocycles. The van der Waals surface area contributed by atoms with Crippen LogP contribution in [0.15, 0.2) is 24.3 Å². The molecule has 2 rings (SSSR count). The van der Waals surface area contributed by atoms with E-state index >= 15 is 0 Å². The number of benzene rings is 1. The molecule has 1 N–H and O–H groups in total. The Hall–Kier alpha value is -1.55. The number of carboxylic acid groups (broad SMARTS) is 1. The number of hydrogen-bond acceptors (Lipinski definition) is 3. The molecule has 1 aromatic rings. The fourth-order valence-corrected chi connectivity index (χ4v) is 2.69. The maximum atomic E-state index is 10.4. The second-order valence-corrected chi connectivity index (χ2v) is 5.46. The van der Waals surface area contributed by atoms with Crippen molar-refractivity contribution in [3.8, 4) is 5.75 Å². The van der Waals surface area contributed by atoms with Gasteiger partial charge in [-0.1, -0.05) is 12.1 Å². The van der Waals surface area contributed by atoms with E-state index < -0.39 is 5.97 Å². The molecule has 4 nitrogen and oxygen atoms in total. The summed E-state index contributed by atoms with van der Waals surface area (Å²) >= 11 is 0. The van der Waals surface area contributed by atoms with Crippen molar-refractivity contribution < 1.29 is 19.5 Å². The first-order valence-corrected chi connectivity index (χ1v) is 7.49. The summed E-state index contributed by atoms with van der Waals surface area (Å²) in [6, 6.07) is 7.98. The smallest absolute Gasteiger partial charge is 0.119 e. The molecular weight excluding hydrogens is 254 g/mol. The molecule has 1 saturated heterocycles. The quantitative estimate of drug-likeness (QED) is 0.806. The third-order valence-electron chi connectivity index (χ3n) is 3.74. The number of carbonyl (C=O) groups excluding carboxylic acids is 1. The lowest BCUT2D eigenvalue weighted by Gasteiger charge is -2.17. The van der Waals surface area contributed by atoms with Crippen LogP contribution >= 0.6 is 0 Å². The number of carbonyl (C=O) groups is 1.